The average molecular weight is 442 g/mol. The molecule has 4 rings (SSSR count). The highest BCUT2D eigenvalue weighted by molar-refractivity contribution is 5.94. The average Bonchev–Trinajstić information content (AvgIpc) is 3.39. The fraction of sp³-hybridized carbons (Fsp3) is 0.417. The number of amides is 3. The minimum Gasteiger partial charge on any atom is -0.494 e. The fourth-order valence-electron chi connectivity index (χ4n) is 4.22. The largest absolute Gasteiger partial charge is 0.494 e. The van der Waals surface area contributed by atoms with E-state index in [1.165, 1.54) is 29.2 Å². The Morgan fingerprint density at radius 2 is 2.03 bits per heavy atom. The summed E-state index contributed by atoms with van der Waals surface area (Å²) in [5, 5.41) is 5.68. The lowest BCUT2D eigenvalue weighted by Crippen LogP contribution is -2.47. The van der Waals surface area contributed by atoms with Crippen molar-refractivity contribution in [1.29, 1.82) is 0 Å². The van der Waals surface area contributed by atoms with E-state index in [0.29, 0.717) is 25.3 Å². The molecule has 0 aliphatic carbocycles. The molecule has 32 heavy (non-hydrogen) atoms. The zero-order valence-corrected chi connectivity index (χ0v) is 18.3. The number of carbonyl (C=O) groups is 2. The van der Waals surface area contributed by atoms with E-state index in [-0.39, 0.29) is 30.4 Å². The lowest BCUT2D eigenvalue weighted by Gasteiger charge is -2.24. The summed E-state index contributed by atoms with van der Waals surface area (Å²) in [5.41, 5.74) is 2.43. The number of ether oxygens (including phenoxy) is 2. The summed E-state index contributed by atoms with van der Waals surface area (Å²) in [6.45, 7) is 5.23. The van der Waals surface area contributed by atoms with E-state index in [1.807, 2.05) is 26.0 Å². The van der Waals surface area contributed by atoms with Gasteiger partial charge in [-0.05, 0) is 63.1 Å². The quantitative estimate of drug-likeness (QED) is 0.714. The zero-order valence-electron chi connectivity index (χ0n) is 18.3. The van der Waals surface area contributed by atoms with E-state index < -0.39 is 6.04 Å². The van der Waals surface area contributed by atoms with Gasteiger partial charge in [0.05, 0.1) is 6.61 Å². The first-order valence-corrected chi connectivity index (χ1v) is 11.0. The Labute approximate surface area is 186 Å². The van der Waals surface area contributed by atoms with Gasteiger partial charge in [-0.2, -0.15) is 0 Å². The highest BCUT2D eigenvalue weighted by Gasteiger charge is 2.34. The SMILES string of the molecule is CCOc1cc2c(cc1CNC(=O)[C@@H]1CCCN1C(=O)Nc1ccc(F)cc1)O[C@H](C)C2. The number of benzene rings is 2. The predicted molar refractivity (Wildman–Crippen MR) is 118 cm³/mol. The summed E-state index contributed by atoms with van der Waals surface area (Å²) in [4.78, 5) is 27.1. The molecule has 0 bridgehead atoms. The summed E-state index contributed by atoms with van der Waals surface area (Å²) in [7, 11) is 0. The maximum Gasteiger partial charge on any atom is 0.322 e. The Bertz CT molecular complexity index is 995. The van der Waals surface area contributed by atoms with Gasteiger partial charge >= 0.3 is 6.03 Å². The summed E-state index contributed by atoms with van der Waals surface area (Å²) in [6, 6.07) is 8.52. The van der Waals surface area contributed by atoms with Crippen molar-refractivity contribution >= 4 is 17.6 Å². The second-order valence-corrected chi connectivity index (χ2v) is 8.14. The number of fused-ring (bicyclic) bond motifs is 1. The van der Waals surface area contributed by atoms with Gasteiger partial charge in [0.1, 0.15) is 29.5 Å². The first-order valence-electron chi connectivity index (χ1n) is 11.0. The molecule has 1 saturated heterocycles. The predicted octanol–water partition coefficient (Wildman–Crippen LogP) is 3.86. The van der Waals surface area contributed by atoms with Crippen molar-refractivity contribution in [2.45, 2.75) is 51.8 Å². The summed E-state index contributed by atoms with van der Waals surface area (Å²) < 4.78 is 24.7. The molecular formula is C24H28FN3O4. The van der Waals surface area contributed by atoms with E-state index >= 15 is 0 Å². The minimum absolute atomic E-state index is 0.121. The van der Waals surface area contributed by atoms with E-state index in [0.717, 1.165) is 35.5 Å². The molecule has 2 N–H and O–H groups in total. The molecule has 8 heteroatoms. The van der Waals surface area contributed by atoms with Crippen LogP contribution in [0.25, 0.3) is 0 Å². The molecule has 0 radical (unpaired) electrons. The third-order valence-corrected chi connectivity index (χ3v) is 5.74. The van der Waals surface area contributed by atoms with Gasteiger partial charge in [0.2, 0.25) is 5.91 Å². The van der Waals surface area contributed by atoms with E-state index in [1.54, 1.807) is 0 Å². The van der Waals surface area contributed by atoms with Crippen LogP contribution in [0, 0.1) is 5.82 Å². The molecule has 0 spiro atoms. The molecule has 2 aromatic carbocycles. The van der Waals surface area contributed by atoms with Crippen molar-refractivity contribution < 1.29 is 23.5 Å². The maximum absolute atomic E-state index is 13.1. The molecule has 0 saturated carbocycles. The molecule has 0 aromatic heterocycles. The third-order valence-electron chi connectivity index (χ3n) is 5.74. The number of halogens is 1. The van der Waals surface area contributed by atoms with Gasteiger partial charge in [-0.3, -0.25) is 4.79 Å². The van der Waals surface area contributed by atoms with Gasteiger partial charge in [-0.25, -0.2) is 9.18 Å². The van der Waals surface area contributed by atoms with Gasteiger partial charge < -0.3 is 25.0 Å². The number of nitrogens with one attached hydrogen (secondary N) is 2. The van der Waals surface area contributed by atoms with E-state index in [4.69, 9.17) is 9.47 Å². The molecule has 2 heterocycles. The molecule has 0 unspecified atom stereocenters. The van der Waals surface area contributed by atoms with Crippen LogP contribution in [0.1, 0.15) is 37.8 Å². The number of anilines is 1. The first kappa shape index (κ1) is 21.9. The number of hydrogen-bond acceptors (Lipinski definition) is 4. The first-order chi connectivity index (χ1) is 15.4. The Kier molecular flexibility index (Phi) is 6.48. The molecule has 2 aliphatic heterocycles. The van der Waals surface area contributed by atoms with Crippen LogP contribution < -0.4 is 20.1 Å². The number of carbonyl (C=O) groups excluding carboxylic acids is 2. The number of urea groups is 1. The second kappa shape index (κ2) is 9.46. The third kappa shape index (κ3) is 4.79. The summed E-state index contributed by atoms with van der Waals surface area (Å²) in [6.07, 6.45) is 2.29. The molecule has 3 amide bonds. The smallest absolute Gasteiger partial charge is 0.322 e. The summed E-state index contributed by atoms with van der Waals surface area (Å²) in [5.74, 6) is 0.973. The summed E-state index contributed by atoms with van der Waals surface area (Å²) >= 11 is 0. The standard InChI is InChI=1S/C24H28FN3O4/c1-3-31-21-12-16-11-15(2)32-22(16)13-17(21)14-26-23(29)20-5-4-10-28(20)24(30)27-19-8-6-18(25)7-9-19/h6-9,12-13,15,20H,3-5,10-11,14H2,1-2H3,(H,26,29)(H,27,30)/t15-,20+/m1/s1. The normalized spacial score (nSPS) is 19.3. The Hall–Kier alpha value is -3.29. The molecule has 2 aliphatic rings. The Morgan fingerprint density at radius 3 is 2.78 bits per heavy atom. The molecule has 2 aromatic rings. The van der Waals surface area contributed by atoms with E-state index in [9.17, 15) is 14.0 Å². The lowest BCUT2D eigenvalue weighted by atomic mass is 10.1. The molecule has 7 nitrogen and oxygen atoms in total. The van der Waals surface area contributed by atoms with E-state index in [2.05, 4.69) is 10.6 Å². The van der Waals surface area contributed by atoms with Crippen molar-refractivity contribution in [1.82, 2.24) is 10.2 Å². The van der Waals surface area contributed by atoms with Crippen molar-refractivity contribution in [3.63, 3.8) is 0 Å². The van der Waals surface area contributed by atoms with Crippen molar-refractivity contribution in [3.8, 4) is 11.5 Å². The molecular weight excluding hydrogens is 413 g/mol. The number of hydrogen-bond donors (Lipinski definition) is 2. The lowest BCUT2D eigenvalue weighted by molar-refractivity contribution is -0.124. The second-order valence-electron chi connectivity index (χ2n) is 8.14. The van der Waals surface area contributed by atoms with Crippen LogP contribution in [0.2, 0.25) is 0 Å². The monoisotopic (exact) mass is 441 g/mol. The van der Waals surface area contributed by atoms with Gasteiger partial charge in [0, 0.05) is 36.3 Å². The maximum atomic E-state index is 13.1. The Balaban J connectivity index is 1.40. The van der Waals surface area contributed by atoms with Crippen LogP contribution >= 0.6 is 0 Å². The molecule has 2 atom stereocenters. The van der Waals surface area contributed by atoms with Crippen LogP contribution in [-0.2, 0) is 17.8 Å². The highest BCUT2D eigenvalue weighted by Crippen LogP contribution is 2.35. The number of likely N-dealkylation sites (tertiary alicyclic amines) is 1. The van der Waals surface area contributed by atoms with Gasteiger partial charge in [-0.15, -0.1) is 0 Å². The van der Waals surface area contributed by atoms with Crippen LogP contribution in [-0.4, -0.2) is 42.1 Å². The van der Waals surface area contributed by atoms with Crippen molar-refractivity contribution in [2.75, 3.05) is 18.5 Å². The van der Waals surface area contributed by atoms with Gasteiger partial charge in [0.15, 0.2) is 0 Å². The topological polar surface area (TPSA) is 79.9 Å². The van der Waals surface area contributed by atoms with Crippen molar-refractivity contribution in [3.05, 3.63) is 53.3 Å². The minimum atomic E-state index is -0.559. The van der Waals surface area contributed by atoms with Crippen LogP contribution in [0.15, 0.2) is 36.4 Å². The van der Waals surface area contributed by atoms with Crippen LogP contribution in [0.3, 0.4) is 0 Å². The van der Waals surface area contributed by atoms with Crippen molar-refractivity contribution in [2.24, 2.45) is 0 Å². The molecule has 1 fully saturated rings. The Morgan fingerprint density at radius 1 is 1.25 bits per heavy atom. The van der Waals surface area contributed by atoms with Gasteiger partial charge in [-0.1, -0.05) is 0 Å². The van der Waals surface area contributed by atoms with Gasteiger partial charge in [0.25, 0.3) is 0 Å². The number of nitrogens with zero attached hydrogens (tertiary/aromatic N) is 1. The number of rotatable bonds is 6. The fourth-order valence-corrected chi connectivity index (χ4v) is 4.22. The molecule has 170 valence electrons. The highest BCUT2D eigenvalue weighted by atomic mass is 19.1. The van der Waals surface area contributed by atoms with Crippen LogP contribution in [0.4, 0.5) is 14.9 Å². The van der Waals surface area contributed by atoms with Crippen LogP contribution in [0.5, 0.6) is 11.5 Å². The zero-order chi connectivity index (χ0) is 22.7.